The number of aromatic nitrogens is 4. The van der Waals surface area contributed by atoms with Crippen LogP contribution in [0, 0.1) is 0 Å². The van der Waals surface area contributed by atoms with Crippen molar-refractivity contribution in [1.29, 1.82) is 0 Å². The van der Waals surface area contributed by atoms with Crippen LogP contribution in [-0.2, 0) is 16.1 Å². The van der Waals surface area contributed by atoms with E-state index in [4.69, 9.17) is 27.9 Å². The van der Waals surface area contributed by atoms with E-state index in [1.165, 1.54) is 0 Å². The number of halogens is 4. The zero-order valence-electron chi connectivity index (χ0n) is 19.4. The zero-order chi connectivity index (χ0) is 28.4. The molecule has 0 bridgehead atoms. The number of hydrogen-bond acceptors (Lipinski definition) is 9. The minimum absolute atomic E-state index is 0.0409. The van der Waals surface area contributed by atoms with E-state index in [2.05, 4.69) is 15.4 Å². The zero-order valence-corrected chi connectivity index (χ0v) is 21.7. The van der Waals surface area contributed by atoms with E-state index in [1.807, 2.05) is 0 Å². The van der Waals surface area contributed by atoms with Crippen molar-refractivity contribution >= 4 is 46.1 Å². The Morgan fingerprint density at radius 1 is 1.31 bits per heavy atom. The molecule has 208 valence electrons. The fraction of sp³-hybridized carbons (Fsp3) is 0.286. The normalized spacial score (nSPS) is 14.1. The summed E-state index contributed by atoms with van der Waals surface area (Å²) in [7, 11) is 0. The van der Waals surface area contributed by atoms with Crippen molar-refractivity contribution in [2.45, 2.75) is 31.7 Å². The number of rotatable bonds is 9. The van der Waals surface area contributed by atoms with E-state index >= 15 is 0 Å². The Balaban J connectivity index is 1.62. The Bertz CT molecular complexity index is 1540. The second-order valence-electron chi connectivity index (χ2n) is 8.16. The van der Waals surface area contributed by atoms with E-state index in [0.29, 0.717) is 8.99 Å². The number of anilines is 1. The molecule has 2 aromatic heterocycles. The Hall–Kier alpha value is -3.60. The SMILES string of the molecule is O=C(CN(c1cc(Oc2c(Cl)cc(-n3nc(C(F)F)c(=O)[nH]c3=O)cc2Cl)ncc1O)S(=O)[O-])NC1CCC1. The number of aromatic hydroxyl groups is 1. The van der Waals surface area contributed by atoms with Crippen LogP contribution in [0.2, 0.25) is 10.0 Å². The lowest BCUT2D eigenvalue weighted by molar-refractivity contribution is -0.120. The summed E-state index contributed by atoms with van der Waals surface area (Å²) in [5, 5.41) is 15.8. The highest BCUT2D eigenvalue weighted by molar-refractivity contribution is 7.80. The van der Waals surface area contributed by atoms with Crippen LogP contribution in [-0.4, -0.2) is 52.1 Å². The summed E-state index contributed by atoms with van der Waals surface area (Å²) in [6.07, 6.45) is 0.127. The molecule has 18 heteroatoms. The average Bonchev–Trinajstić information content (AvgIpc) is 2.83. The number of H-pyrrole nitrogens is 1. The van der Waals surface area contributed by atoms with Crippen LogP contribution < -0.4 is 25.6 Å². The molecule has 1 atom stereocenters. The number of hydrogen-bond donors (Lipinski definition) is 3. The second kappa shape index (κ2) is 11.6. The van der Waals surface area contributed by atoms with Crippen LogP contribution in [0.5, 0.6) is 17.4 Å². The van der Waals surface area contributed by atoms with Crippen molar-refractivity contribution in [2.75, 3.05) is 10.8 Å². The average molecular weight is 606 g/mol. The lowest BCUT2D eigenvalue weighted by Crippen LogP contribution is -2.45. The van der Waals surface area contributed by atoms with Crippen molar-refractivity contribution in [3.8, 4) is 23.1 Å². The molecule has 2 heterocycles. The monoisotopic (exact) mass is 605 g/mol. The van der Waals surface area contributed by atoms with Gasteiger partial charge < -0.3 is 19.7 Å². The van der Waals surface area contributed by atoms with Gasteiger partial charge in [-0.25, -0.2) is 18.6 Å². The van der Waals surface area contributed by atoms with Gasteiger partial charge in [0.1, 0.15) is 6.54 Å². The highest BCUT2D eigenvalue weighted by atomic mass is 35.5. The third-order valence-electron chi connectivity index (χ3n) is 5.54. The topological polar surface area (TPSA) is 183 Å². The minimum atomic E-state index is -3.27. The fourth-order valence-corrected chi connectivity index (χ4v) is 4.53. The molecule has 13 nitrogen and oxygen atoms in total. The van der Waals surface area contributed by atoms with Gasteiger partial charge in [-0.1, -0.05) is 23.2 Å². The lowest BCUT2D eigenvalue weighted by Gasteiger charge is -2.30. The molecule has 1 fully saturated rings. The van der Waals surface area contributed by atoms with Crippen LogP contribution in [0.25, 0.3) is 5.69 Å². The molecule has 39 heavy (non-hydrogen) atoms. The maximum absolute atomic E-state index is 13.1. The largest absolute Gasteiger partial charge is 0.755 e. The van der Waals surface area contributed by atoms with Crippen LogP contribution >= 0.6 is 23.2 Å². The summed E-state index contributed by atoms with van der Waals surface area (Å²) in [6.45, 7) is -0.624. The summed E-state index contributed by atoms with van der Waals surface area (Å²) in [6, 6.07) is 3.14. The summed E-state index contributed by atoms with van der Waals surface area (Å²) in [5.41, 5.74) is -4.22. The molecule has 0 radical (unpaired) electrons. The van der Waals surface area contributed by atoms with Gasteiger partial charge in [-0.05, 0) is 31.4 Å². The van der Waals surface area contributed by atoms with E-state index in [1.54, 1.807) is 4.98 Å². The van der Waals surface area contributed by atoms with Gasteiger partial charge in [0.25, 0.3) is 12.0 Å². The first-order valence-electron chi connectivity index (χ1n) is 11.0. The number of benzene rings is 1. The van der Waals surface area contributed by atoms with Gasteiger partial charge in [-0.2, -0.15) is 9.78 Å². The quantitative estimate of drug-likeness (QED) is 0.308. The molecule has 4 rings (SSSR count). The molecule has 1 aromatic carbocycles. The van der Waals surface area contributed by atoms with Gasteiger partial charge in [0.15, 0.2) is 17.2 Å². The van der Waals surface area contributed by atoms with Crippen molar-refractivity contribution in [3.05, 3.63) is 61.0 Å². The first-order valence-corrected chi connectivity index (χ1v) is 12.8. The van der Waals surface area contributed by atoms with Crippen molar-refractivity contribution in [3.63, 3.8) is 0 Å². The predicted molar refractivity (Wildman–Crippen MR) is 133 cm³/mol. The van der Waals surface area contributed by atoms with Crippen LogP contribution in [0.1, 0.15) is 31.4 Å². The maximum Gasteiger partial charge on any atom is 0.349 e. The Morgan fingerprint density at radius 3 is 2.54 bits per heavy atom. The molecular formula is C21H17Cl2F2N6O7S-. The van der Waals surface area contributed by atoms with E-state index in [0.717, 1.165) is 43.7 Å². The Morgan fingerprint density at radius 2 is 1.97 bits per heavy atom. The molecule has 1 aliphatic rings. The van der Waals surface area contributed by atoms with Crippen LogP contribution in [0.15, 0.2) is 34.0 Å². The number of carbonyl (C=O) groups excluding carboxylic acids is 1. The Kier molecular flexibility index (Phi) is 8.48. The predicted octanol–water partition coefficient (Wildman–Crippen LogP) is 2.33. The smallest absolute Gasteiger partial charge is 0.349 e. The Labute approximate surface area is 229 Å². The number of aromatic amines is 1. The van der Waals surface area contributed by atoms with Gasteiger partial charge >= 0.3 is 5.69 Å². The highest BCUT2D eigenvalue weighted by Gasteiger charge is 2.24. The molecule has 1 amide bonds. The van der Waals surface area contributed by atoms with Gasteiger partial charge in [0.05, 0.1) is 27.6 Å². The van der Waals surface area contributed by atoms with Crippen molar-refractivity contribution < 1.29 is 32.2 Å². The van der Waals surface area contributed by atoms with Gasteiger partial charge in [0.2, 0.25) is 11.8 Å². The standard InChI is InChI=1S/C21H18Cl2F2N6O7S/c22-11-4-10(31-21(35)28-20(34)17(29-31)19(24)25)5-12(23)18(11)38-16-6-13(14(32)7-26-16)30(39(36)37)8-15(33)27-9-2-1-3-9/h4-7,9,19,32H,1-3,8H2,(H,27,33)(H,36,37)(H,28,34,35)/p-1. The van der Waals surface area contributed by atoms with E-state index in [-0.39, 0.29) is 39.1 Å². The molecular weight excluding hydrogens is 589 g/mol. The molecule has 0 spiro atoms. The summed E-state index contributed by atoms with van der Waals surface area (Å²) < 4.78 is 56.5. The third-order valence-corrected chi connectivity index (χ3v) is 6.78. The number of carbonyl (C=O) groups is 1. The number of ether oxygens (including phenoxy) is 1. The molecule has 3 N–H and O–H groups in total. The number of nitrogens with zero attached hydrogens (tertiary/aromatic N) is 4. The number of nitrogens with one attached hydrogen (secondary N) is 2. The molecule has 3 aromatic rings. The summed E-state index contributed by atoms with van der Waals surface area (Å²) >= 11 is 9.49. The number of amides is 1. The first kappa shape index (κ1) is 28.4. The van der Waals surface area contributed by atoms with Crippen LogP contribution in [0.3, 0.4) is 0 Å². The lowest BCUT2D eigenvalue weighted by atomic mass is 9.93. The highest BCUT2D eigenvalue weighted by Crippen LogP contribution is 2.39. The van der Waals surface area contributed by atoms with Gasteiger partial charge in [0, 0.05) is 23.4 Å². The van der Waals surface area contributed by atoms with Crippen LogP contribution in [0.4, 0.5) is 14.5 Å². The molecule has 1 saturated carbocycles. The molecule has 1 aliphatic carbocycles. The third kappa shape index (κ3) is 6.35. The second-order valence-corrected chi connectivity index (χ2v) is 9.85. The number of pyridine rings is 1. The first-order chi connectivity index (χ1) is 18.4. The molecule has 0 saturated heterocycles. The van der Waals surface area contributed by atoms with E-state index < -0.39 is 52.8 Å². The molecule has 1 unspecified atom stereocenters. The van der Waals surface area contributed by atoms with E-state index in [9.17, 15) is 37.0 Å². The van der Waals surface area contributed by atoms with Gasteiger partial charge in [-0.3, -0.25) is 23.1 Å². The van der Waals surface area contributed by atoms with Crippen molar-refractivity contribution in [1.82, 2.24) is 25.1 Å². The van der Waals surface area contributed by atoms with Gasteiger partial charge in [-0.15, -0.1) is 0 Å². The minimum Gasteiger partial charge on any atom is -0.755 e. The maximum atomic E-state index is 13.1. The molecule has 0 aliphatic heterocycles. The fourth-order valence-electron chi connectivity index (χ4n) is 3.45. The number of alkyl halides is 2. The summed E-state index contributed by atoms with van der Waals surface area (Å²) in [5.74, 6) is -1.69. The summed E-state index contributed by atoms with van der Waals surface area (Å²) in [4.78, 5) is 41.5. The van der Waals surface area contributed by atoms with Crippen molar-refractivity contribution in [2.24, 2.45) is 0 Å².